The van der Waals surface area contributed by atoms with E-state index in [4.69, 9.17) is 11.5 Å². The number of aryl methyl sites for hydroxylation is 1. The zero-order valence-electron chi connectivity index (χ0n) is 15.9. The minimum Gasteiger partial charge on any atom is -0.399 e. The summed E-state index contributed by atoms with van der Waals surface area (Å²) in [5, 5.41) is 3.20. The van der Waals surface area contributed by atoms with Crippen LogP contribution in [0.5, 0.6) is 0 Å². The summed E-state index contributed by atoms with van der Waals surface area (Å²) in [4.78, 5) is 30.7. The Bertz CT molecular complexity index is 898. The molecule has 2 aliphatic heterocycles. The van der Waals surface area contributed by atoms with E-state index >= 15 is 0 Å². The molecule has 2 fully saturated rings. The predicted octanol–water partition coefficient (Wildman–Crippen LogP) is 2.00. The summed E-state index contributed by atoms with van der Waals surface area (Å²) in [7, 11) is 0. The second-order valence-corrected chi connectivity index (χ2v) is 7.78. The van der Waals surface area contributed by atoms with Crippen LogP contribution in [0.1, 0.15) is 52.0 Å². The number of rotatable bonds is 4. The summed E-state index contributed by atoms with van der Waals surface area (Å²) in [5.41, 5.74) is 13.7. The molecule has 0 radical (unpaired) electrons. The molecule has 2 atom stereocenters. The highest BCUT2D eigenvalue weighted by atomic mass is 16.2. The van der Waals surface area contributed by atoms with Gasteiger partial charge >= 0.3 is 0 Å². The monoisotopic (exact) mass is 379 g/mol. The molecule has 4 rings (SSSR count). The van der Waals surface area contributed by atoms with Gasteiger partial charge in [-0.15, -0.1) is 0 Å². The second-order valence-electron chi connectivity index (χ2n) is 7.78. The number of nitrogens with one attached hydrogen (secondary N) is 1. The molecule has 0 aliphatic carbocycles. The number of nitrogen functional groups attached to an aromatic ring is 1. The maximum Gasteiger partial charge on any atom is 0.251 e. The molecule has 2 bridgehead atoms. The average Bonchev–Trinajstić information content (AvgIpc) is 2.92. The first-order chi connectivity index (χ1) is 13.4. The number of benzene rings is 1. The Hall–Kier alpha value is -3.09. The molecule has 7 heteroatoms. The molecule has 2 aromatic rings. The van der Waals surface area contributed by atoms with Crippen molar-refractivity contribution < 1.29 is 9.59 Å². The fourth-order valence-electron chi connectivity index (χ4n) is 4.56. The van der Waals surface area contributed by atoms with Gasteiger partial charge in [0.1, 0.15) is 5.82 Å². The van der Waals surface area contributed by atoms with E-state index in [9.17, 15) is 9.59 Å². The Labute approximate surface area is 164 Å². The molecule has 2 aliphatic rings. The van der Waals surface area contributed by atoms with Gasteiger partial charge in [-0.2, -0.15) is 0 Å². The lowest BCUT2D eigenvalue weighted by Crippen LogP contribution is -2.50. The molecule has 5 N–H and O–H groups in total. The molecule has 7 nitrogen and oxygen atoms in total. The number of anilines is 2. The van der Waals surface area contributed by atoms with E-state index in [1.165, 1.54) is 6.20 Å². The van der Waals surface area contributed by atoms with Crippen LogP contribution in [0.3, 0.4) is 0 Å². The fourth-order valence-corrected chi connectivity index (χ4v) is 4.56. The Morgan fingerprint density at radius 2 is 1.86 bits per heavy atom. The minimum atomic E-state index is -0.471. The van der Waals surface area contributed by atoms with Crippen LogP contribution >= 0.6 is 0 Å². The number of piperidine rings is 1. The van der Waals surface area contributed by atoms with E-state index in [1.807, 2.05) is 19.1 Å². The standard InChI is InChI=1S/C21H25N5O2/c1-12-8-14(22)3-6-18(12)21(28)25-15-9-16-4-5-17(10-15)26(16)19-7-2-13(11-24-19)20(23)27/h2-3,6-8,11,15-17H,4-5,9-10,22H2,1H3,(H2,23,27)(H,25,28). The predicted molar refractivity (Wildman–Crippen MR) is 108 cm³/mol. The number of fused-ring (bicyclic) bond motifs is 2. The SMILES string of the molecule is Cc1cc(N)ccc1C(=O)NC1CC2CCC(C1)N2c1ccc(C(N)=O)cn1. The Kier molecular flexibility index (Phi) is 4.66. The van der Waals surface area contributed by atoms with Crippen molar-refractivity contribution in [1.82, 2.24) is 10.3 Å². The van der Waals surface area contributed by atoms with E-state index < -0.39 is 5.91 Å². The number of primary amides is 1. The zero-order valence-corrected chi connectivity index (χ0v) is 15.9. The third kappa shape index (κ3) is 3.40. The van der Waals surface area contributed by atoms with Crippen LogP contribution in [-0.2, 0) is 0 Å². The van der Waals surface area contributed by atoms with Crippen LogP contribution < -0.4 is 21.7 Å². The zero-order chi connectivity index (χ0) is 19.8. The topological polar surface area (TPSA) is 114 Å². The van der Waals surface area contributed by atoms with E-state index in [1.54, 1.807) is 18.2 Å². The maximum absolute atomic E-state index is 12.7. The quantitative estimate of drug-likeness (QED) is 0.703. The van der Waals surface area contributed by atoms with Gasteiger partial charge < -0.3 is 21.7 Å². The van der Waals surface area contributed by atoms with Crippen molar-refractivity contribution in [2.75, 3.05) is 10.6 Å². The average molecular weight is 379 g/mol. The number of pyridine rings is 1. The first-order valence-electron chi connectivity index (χ1n) is 9.63. The number of carbonyl (C=O) groups excluding carboxylic acids is 2. The van der Waals surface area contributed by atoms with E-state index in [0.717, 1.165) is 37.1 Å². The smallest absolute Gasteiger partial charge is 0.251 e. The number of aromatic nitrogens is 1. The van der Waals surface area contributed by atoms with Gasteiger partial charge in [0.05, 0.1) is 5.56 Å². The van der Waals surface area contributed by atoms with Crippen molar-refractivity contribution in [3.63, 3.8) is 0 Å². The third-order valence-corrected chi connectivity index (χ3v) is 5.86. The van der Waals surface area contributed by atoms with Crippen molar-refractivity contribution in [1.29, 1.82) is 0 Å². The van der Waals surface area contributed by atoms with E-state index in [-0.39, 0.29) is 11.9 Å². The molecule has 146 valence electrons. The number of hydrogen-bond donors (Lipinski definition) is 3. The van der Waals surface area contributed by atoms with Gasteiger partial charge in [0.25, 0.3) is 5.91 Å². The van der Waals surface area contributed by atoms with Crippen LogP contribution in [0.4, 0.5) is 11.5 Å². The molecule has 1 aromatic carbocycles. The fraction of sp³-hybridized carbons (Fsp3) is 0.381. The van der Waals surface area contributed by atoms with Crippen molar-refractivity contribution in [3.05, 3.63) is 53.2 Å². The Morgan fingerprint density at radius 3 is 2.43 bits per heavy atom. The molecule has 2 saturated heterocycles. The van der Waals surface area contributed by atoms with Crippen molar-refractivity contribution in [2.24, 2.45) is 5.73 Å². The van der Waals surface area contributed by atoms with E-state index in [0.29, 0.717) is 28.9 Å². The molecule has 1 aromatic heterocycles. The highest BCUT2D eigenvalue weighted by molar-refractivity contribution is 5.96. The van der Waals surface area contributed by atoms with Crippen LogP contribution in [0, 0.1) is 6.92 Å². The summed E-state index contributed by atoms with van der Waals surface area (Å²) in [6, 6.07) is 9.77. The highest BCUT2D eigenvalue weighted by Gasteiger charge is 2.41. The van der Waals surface area contributed by atoms with Gasteiger partial charge in [-0.3, -0.25) is 9.59 Å². The first kappa shape index (κ1) is 18.3. The van der Waals surface area contributed by atoms with Crippen LogP contribution in [-0.4, -0.2) is 34.9 Å². The van der Waals surface area contributed by atoms with Crippen LogP contribution in [0.15, 0.2) is 36.5 Å². The van der Waals surface area contributed by atoms with E-state index in [2.05, 4.69) is 15.2 Å². The molecule has 2 amide bonds. The van der Waals surface area contributed by atoms with Crippen LogP contribution in [0.2, 0.25) is 0 Å². The molecular formula is C21H25N5O2. The van der Waals surface area contributed by atoms with Crippen molar-refractivity contribution in [3.8, 4) is 0 Å². The molecule has 0 spiro atoms. The lowest BCUT2D eigenvalue weighted by atomic mass is 9.96. The largest absolute Gasteiger partial charge is 0.399 e. The third-order valence-electron chi connectivity index (χ3n) is 5.86. The normalized spacial score (nSPS) is 23.5. The lowest BCUT2D eigenvalue weighted by molar-refractivity contribution is 0.0925. The number of hydrogen-bond acceptors (Lipinski definition) is 5. The van der Waals surface area contributed by atoms with Gasteiger partial charge in [-0.05, 0) is 68.5 Å². The highest BCUT2D eigenvalue weighted by Crippen LogP contribution is 2.38. The minimum absolute atomic E-state index is 0.0423. The Balaban J connectivity index is 1.45. The molecule has 3 heterocycles. The van der Waals surface area contributed by atoms with Crippen LogP contribution in [0.25, 0.3) is 0 Å². The summed E-state index contributed by atoms with van der Waals surface area (Å²) < 4.78 is 0. The van der Waals surface area contributed by atoms with Gasteiger partial charge in [-0.25, -0.2) is 4.98 Å². The lowest BCUT2D eigenvalue weighted by Gasteiger charge is -2.40. The second kappa shape index (κ2) is 7.14. The van der Waals surface area contributed by atoms with Crippen molar-refractivity contribution >= 4 is 23.3 Å². The van der Waals surface area contributed by atoms with Gasteiger partial charge in [0.2, 0.25) is 5.91 Å². The molecule has 28 heavy (non-hydrogen) atoms. The summed E-state index contributed by atoms with van der Waals surface area (Å²) in [6.07, 6.45) is 5.47. The number of carbonyl (C=O) groups is 2. The Morgan fingerprint density at radius 1 is 1.14 bits per heavy atom. The molecule has 0 saturated carbocycles. The summed E-state index contributed by atoms with van der Waals surface area (Å²) in [6.45, 7) is 1.90. The summed E-state index contributed by atoms with van der Waals surface area (Å²) in [5.74, 6) is 0.359. The van der Waals surface area contributed by atoms with Gasteiger partial charge in [0, 0.05) is 35.6 Å². The number of amides is 2. The summed E-state index contributed by atoms with van der Waals surface area (Å²) >= 11 is 0. The first-order valence-corrected chi connectivity index (χ1v) is 9.63. The molecular weight excluding hydrogens is 354 g/mol. The van der Waals surface area contributed by atoms with Gasteiger partial charge in [-0.1, -0.05) is 0 Å². The van der Waals surface area contributed by atoms with Crippen molar-refractivity contribution in [2.45, 2.75) is 50.7 Å². The molecule has 2 unspecified atom stereocenters. The number of nitrogens with zero attached hydrogens (tertiary/aromatic N) is 2. The van der Waals surface area contributed by atoms with Gasteiger partial charge in [0.15, 0.2) is 0 Å². The number of nitrogens with two attached hydrogens (primary N) is 2. The maximum atomic E-state index is 12.7.